The highest BCUT2D eigenvalue weighted by Crippen LogP contribution is 2.24. The van der Waals surface area contributed by atoms with Crippen molar-refractivity contribution in [2.45, 2.75) is 11.0 Å². The predicted octanol–water partition coefficient (Wildman–Crippen LogP) is -1.16. The van der Waals surface area contributed by atoms with Gasteiger partial charge in [0.2, 0.25) is 6.29 Å². The Morgan fingerprint density at radius 1 is 1.80 bits per heavy atom. The zero-order valence-corrected chi connectivity index (χ0v) is 6.02. The summed E-state index contributed by atoms with van der Waals surface area (Å²) in [5.74, 6) is 0. The average Bonchev–Trinajstić information content (AvgIpc) is 2.36. The van der Waals surface area contributed by atoms with Crippen LogP contribution in [0.1, 0.15) is 0 Å². The molecule has 55 valence electrons. The monoisotopic (exact) mass is 158 g/mol. The van der Waals surface area contributed by atoms with Crippen LogP contribution >= 0.6 is 11.8 Å². The first-order chi connectivity index (χ1) is 4.69. The smallest absolute Gasteiger partial charge is 0.221 e. The highest BCUT2D eigenvalue weighted by atomic mass is 32.2. The molecule has 10 heavy (non-hydrogen) atoms. The molecule has 0 fully saturated rings. The van der Waals surface area contributed by atoms with Gasteiger partial charge in [-0.25, -0.2) is 0 Å². The molecule has 1 rings (SSSR count). The van der Waals surface area contributed by atoms with Gasteiger partial charge in [-0.15, -0.1) is 0 Å². The van der Waals surface area contributed by atoms with Crippen LogP contribution < -0.4 is 16.8 Å². The quantitative estimate of drug-likeness (QED) is 0.472. The van der Waals surface area contributed by atoms with Crippen molar-refractivity contribution in [3.63, 3.8) is 0 Å². The Morgan fingerprint density at radius 2 is 2.50 bits per heavy atom. The van der Waals surface area contributed by atoms with Crippen molar-refractivity contribution in [3.05, 3.63) is 11.6 Å². The van der Waals surface area contributed by atoms with Crippen molar-refractivity contribution in [3.8, 4) is 0 Å². The van der Waals surface area contributed by atoms with Gasteiger partial charge >= 0.3 is 0 Å². The van der Waals surface area contributed by atoms with Crippen LogP contribution in [0.3, 0.4) is 0 Å². The lowest BCUT2D eigenvalue weighted by atomic mass is 10.3. The Hall–Kier alpha value is -0.520. The molecule has 1 aliphatic rings. The van der Waals surface area contributed by atoms with Gasteiger partial charge in [-0.2, -0.15) is 0 Å². The van der Waals surface area contributed by atoms with Gasteiger partial charge in [-0.1, -0.05) is 11.8 Å². The summed E-state index contributed by atoms with van der Waals surface area (Å²) >= 11 is 1.28. The second-order valence-corrected chi connectivity index (χ2v) is 3.14. The van der Waals surface area contributed by atoms with E-state index in [0.717, 1.165) is 0 Å². The first kappa shape index (κ1) is 7.59. The van der Waals surface area contributed by atoms with Crippen LogP contribution in [0.4, 0.5) is 0 Å². The molecule has 0 bridgehead atoms. The summed E-state index contributed by atoms with van der Waals surface area (Å²) in [6.45, 7) is 0. The Morgan fingerprint density at radius 3 is 2.90 bits per heavy atom. The number of hydrogen-bond acceptors (Lipinski definition) is 5. The van der Waals surface area contributed by atoms with Crippen molar-refractivity contribution in [1.82, 2.24) is 5.32 Å². The number of nitrogens with two attached hydrogens (primary N) is 2. The summed E-state index contributed by atoms with van der Waals surface area (Å²) in [5.41, 5.74) is 11.0. The summed E-state index contributed by atoms with van der Waals surface area (Å²) in [4.78, 5) is 9.20. The third kappa shape index (κ3) is 1.16. The normalized spacial score (nSPS) is 33.4. The molecule has 1 radical (unpaired) electrons. The van der Waals surface area contributed by atoms with Crippen molar-refractivity contribution in [2.24, 2.45) is 11.5 Å². The van der Waals surface area contributed by atoms with Crippen LogP contribution in [0, 0.1) is 0 Å². The van der Waals surface area contributed by atoms with Crippen LogP contribution in [-0.4, -0.2) is 17.3 Å². The zero-order valence-electron chi connectivity index (χ0n) is 5.20. The molecular weight excluding hydrogens is 150 g/mol. The molecule has 0 saturated carbocycles. The van der Waals surface area contributed by atoms with Crippen LogP contribution in [0.15, 0.2) is 11.6 Å². The number of thioether (sulfide) groups is 1. The maximum absolute atomic E-state index is 10.1. The van der Waals surface area contributed by atoms with Crippen molar-refractivity contribution >= 4 is 18.0 Å². The lowest BCUT2D eigenvalue weighted by molar-refractivity contribution is 0.479. The lowest BCUT2D eigenvalue weighted by Gasteiger charge is -2.25. The average molecular weight is 158 g/mol. The van der Waals surface area contributed by atoms with Gasteiger partial charge < -0.3 is 11.1 Å². The molecule has 5 heteroatoms. The summed E-state index contributed by atoms with van der Waals surface area (Å²) in [7, 11) is 0. The minimum absolute atomic E-state index is 0.799. The molecule has 2 atom stereocenters. The Balaban J connectivity index is 2.60. The summed E-state index contributed by atoms with van der Waals surface area (Å²) < 4.78 is 0. The van der Waals surface area contributed by atoms with E-state index in [9.17, 15) is 4.79 Å². The van der Waals surface area contributed by atoms with E-state index in [1.54, 1.807) is 17.9 Å². The third-order valence-corrected chi connectivity index (χ3v) is 2.26. The topological polar surface area (TPSA) is 81.1 Å². The van der Waals surface area contributed by atoms with E-state index in [0.29, 0.717) is 0 Å². The predicted molar refractivity (Wildman–Crippen MR) is 40.5 cm³/mol. The van der Waals surface area contributed by atoms with Gasteiger partial charge in [0.1, 0.15) is 6.04 Å². The molecule has 0 spiro atoms. The van der Waals surface area contributed by atoms with Crippen molar-refractivity contribution in [1.29, 1.82) is 0 Å². The molecule has 0 aromatic carbocycles. The van der Waals surface area contributed by atoms with Gasteiger partial charge in [0, 0.05) is 6.20 Å². The van der Waals surface area contributed by atoms with E-state index >= 15 is 0 Å². The molecule has 1 aliphatic heterocycles. The largest absolute Gasteiger partial charge is 0.363 e. The van der Waals surface area contributed by atoms with Crippen LogP contribution in [0.2, 0.25) is 0 Å². The first-order valence-electron chi connectivity index (χ1n) is 2.72. The summed E-state index contributed by atoms with van der Waals surface area (Å²) in [5, 5.41) is 4.50. The Labute approximate surface area is 63.0 Å². The van der Waals surface area contributed by atoms with Gasteiger partial charge in [-0.05, 0) is 5.41 Å². The lowest BCUT2D eigenvalue weighted by Crippen LogP contribution is -2.59. The maximum Gasteiger partial charge on any atom is 0.221 e. The summed E-state index contributed by atoms with van der Waals surface area (Å²) in [6, 6.07) is -0.799. The molecule has 2 unspecified atom stereocenters. The molecule has 0 aromatic rings. The van der Waals surface area contributed by atoms with Gasteiger partial charge in [0.25, 0.3) is 0 Å². The second-order valence-electron chi connectivity index (χ2n) is 1.95. The first-order valence-corrected chi connectivity index (χ1v) is 3.59. The fourth-order valence-corrected chi connectivity index (χ4v) is 1.29. The number of nitrogens with one attached hydrogen (secondary N) is 1. The highest BCUT2D eigenvalue weighted by molar-refractivity contribution is 8.03. The Bertz CT molecular complexity index is 162. The molecule has 0 aromatic heterocycles. The Kier molecular flexibility index (Phi) is 1.98. The van der Waals surface area contributed by atoms with Gasteiger partial charge in [0.15, 0.2) is 4.99 Å². The highest BCUT2D eigenvalue weighted by Gasteiger charge is 2.34. The molecule has 0 aliphatic carbocycles. The second kappa shape index (κ2) is 2.61. The standard InChI is InChI=1S/C5H8N3OS/c6-4(3-9)5(7)8-1-2-10-5/h1-2,4,8H,6-7H2. The molecule has 4 nitrogen and oxygen atoms in total. The van der Waals surface area contributed by atoms with Crippen molar-refractivity contribution in [2.75, 3.05) is 0 Å². The fraction of sp³-hybridized carbons (Fsp3) is 0.400. The van der Waals surface area contributed by atoms with E-state index in [-0.39, 0.29) is 0 Å². The van der Waals surface area contributed by atoms with Gasteiger partial charge in [0.05, 0.1) is 0 Å². The van der Waals surface area contributed by atoms with Crippen LogP contribution in [-0.2, 0) is 4.79 Å². The third-order valence-electron chi connectivity index (χ3n) is 1.23. The van der Waals surface area contributed by atoms with E-state index in [1.807, 2.05) is 0 Å². The minimum Gasteiger partial charge on any atom is -0.363 e. The SMILES string of the molecule is NC([C]=O)C1(N)NC=CS1. The molecule has 5 N–H and O–H groups in total. The maximum atomic E-state index is 10.1. The number of carbonyl (C=O) groups excluding carboxylic acids is 1. The molecule has 0 amide bonds. The van der Waals surface area contributed by atoms with Crippen LogP contribution in [0.25, 0.3) is 0 Å². The fourth-order valence-electron chi connectivity index (χ4n) is 0.596. The molecule has 1 heterocycles. The zero-order chi connectivity index (χ0) is 7.61. The molecular formula is C5H8N3OS. The van der Waals surface area contributed by atoms with Crippen molar-refractivity contribution < 1.29 is 4.79 Å². The van der Waals surface area contributed by atoms with E-state index in [2.05, 4.69) is 5.32 Å². The number of hydrogen-bond donors (Lipinski definition) is 3. The van der Waals surface area contributed by atoms with E-state index < -0.39 is 11.0 Å². The van der Waals surface area contributed by atoms with E-state index in [1.165, 1.54) is 11.8 Å². The van der Waals surface area contributed by atoms with E-state index in [4.69, 9.17) is 11.5 Å². The van der Waals surface area contributed by atoms with Crippen LogP contribution in [0.5, 0.6) is 0 Å². The summed E-state index contributed by atoms with van der Waals surface area (Å²) in [6.07, 6.45) is 3.28. The molecule has 0 saturated heterocycles. The minimum atomic E-state index is -0.887. The number of rotatable bonds is 2. The van der Waals surface area contributed by atoms with Gasteiger partial charge in [-0.3, -0.25) is 10.5 Å².